The van der Waals surface area contributed by atoms with Gasteiger partial charge in [0.2, 0.25) is 5.82 Å². The first kappa shape index (κ1) is 11.8. The first-order chi connectivity index (χ1) is 8.16. The Bertz CT molecular complexity index is 522. The Kier molecular flexibility index (Phi) is 3.52. The van der Waals surface area contributed by atoms with Gasteiger partial charge in [-0.05, 0) is 44.9 Å². The molecule has 0 aliphatic heterocycles. The van der Waals surface area contributed by atoms with E-state index >= 15 is 0 Å². The fourth-order valence-corrected chi connectivity index (χ4v) is 1.65. The molecule has 0 aromatic carbocycles. The van der Waals surface area contributed by atoms with E-state index in [1.807, 2.05) is 0 Å². The smallest absolute Gasteiger partial charge is 0.303 e. The van der Waals surface area contributed by atoms with Gasteiger partial charge in [0, 0.05) is 13.0 Å². The highest BCUT2D eigenvalue weighted by molar-refractivity contribution is 9.10. The maximum Gasteiger partial charge on any atom is 0.303 e. The number of tetrazole rings is 1. The number of carboxylic acids is 1. The van der Waals surface area contributed by atoms with Crippen LogP contribution < -0.4 is 0 Å². The minimum Gasteiger partial charge on any atom is -0.481 e. The van der Waals surface area contributed by atoms with Crippen molar-refractivity contribution >= 4 is 21.9 Å². The lowest BCUT2D eigenvalue weighted by Gasteiger charge is -2.00. The molecule has 2 heterocycles. The number of aliphatic carboxylic acids is 1. The Hall–Kier alpha value is -1.70. The fraction of sp³-hybridized carbons (Fsp3) is 0.333. The van der Waals surface area contributed by atoms with Crippen LogP contribution in [0.5, 0.6) is 0 Å². The zero-order valence-electron chi connectivity index (χ0n) is 8.71. The van der Waals surface area contributed by atoms with Gasteiger partial charge >= 0.3 is 5.97 Å². The largest absolute Gasteiger partial charge is 0.481 e. The average Bonchev–Trinajstić information content (AvgIpc) is 2.86. The summed E-state index contributed by atoms with van der Waals surface area (Å²) in [6.07, 6.45) is 0.552. The molecule has 0 aliphatic carbocycles. The van der Waals surface area contributed by atoms with Gasteiger partial charge in [-0.25, -0.2) is 4.68 Å². The number of halogens is 1. The fourth-order valence-electron chi connectivity index (χ4n) is 1.35. The van der Waals surface area contributed by atoms with Gasteiger partial charge in [-0.2, -0.15) is 0 Å². The number of hydrogen-bond donors (Lipinski definition) is 1. The first-order valence-electron chi connectivity index (χ1n) is 4.90. The van der Waals surface area contributed by atoms with Crippen LogP contribution in [-0.4, -0.2) is 31.3 Å². The summed E-state index contributed by atoms with van der Waals surface area (Å²) < 4.78 is 7.45. The van der Waals surface area contributed by atoms with E-state index < -0.39 is 5.97 Å². The molecular formula is C9H9BrN4O3. The van der Waals surface area contributed by atoms with Crippen molar-refractivity contribution in [2.24, 2.45) is 0 Å². The number of aryl methyl sites for hydroxylation is 1. The van der Waals surface area contributed by atoms with Crippen molar-refractivity contribution in [3.63, 3.8) is 0 Å². The molecule has 1 N–H and O–H groups in total. The van der Waals surface area contributed by atoms with Crippen LogP contribution in [0.3, 0.4) is 0 Å². The van der Waals surface area contributed by atoms with Crippen molar-refractivity contribution in [2.75, 3.05) is 0 Å². The monoisotopic (exact) mass is 300 g/mol. The van der Waals surface area contributed by atoms with Crippen LogP contribution in [0.1, 0.15) is 12.8 Å². The first-order valence-corrected chi connectivity index (χ1v) is 5.70. The van der Waals surface area contributed by atoms with Crippen molar-refractivity contribution in [3.8, 4) is 11.6 Å². The number of carbonyl (C=O) groups is 1. The van der Waals surface area contributed by atoms with Gasteiger partial charge < -0.3 is 9.52 Å². The second-order valence-corrected chi connectivity index (χ2v) is 4.11. The molecule has 0 radical (unpaired) electrons. The van der Waals surface area contributed by atoms with Crippen LogP contribution in [0.4, 0.5) is 0 Å². The van der Waals surface area contributed by atoms with Crippen LogP contribution in [-0.2, 0) is 11.3 Å². The predicted octanol–water partition coefficient (Wildman–Crippen LogP) is 1.56. The van der Waals surface area contributed by atoms with Gasteiger partial charge in [0.15, 0.2) is 10.4 Å². The lowest BCUT2D eigenvalue weighted by Crippen LogP contribution is -2.05. The summed E-state index contributed by atoms with van der Waals surface area (Å²) >= 11 is 3.19. The molecule has 0 saturated carbocycles. The molecule has 0 unspecified atom stereocenters. The number of aromatic nitrogens is 4. The highest BCUT2D eigenvalue weighted by Crippen LogP contribution is 2.22. The molecule has 0 saturated heterocycles. The van der Waals surface area contributed by atoms with E-state index in [2.05, 4.69) is 31.5 Å². The van der Waals surface area contributed by atoms with Crippen molar-refractivity contribution in [2.45, 2.75) is 19.4 Å². The molecule has 0 atom stereocenters. The molecule has 0 bridgehead atoms. The second-order valence-electron chi connectivity index (χ2n) is 3.33. The van der Waals surface area contributed by atoms with E-state index in [4.69, 9.17) is 9.52 Å². The van der Waals surface area contributed by atoms with Crippen molar-refractivity contribution in [1.82, 2.24) is 20.2 Å². The number of rotatable bonds is 5. The van der Waals surface area contributed by atoms with Crippen LogP contribution in [0.2, 0.25) is 0 Å². The summed E-state index contributed by atoms with van der Waals surface area (Å²) in [5.74, 6) is 0.193. The van der Waals surface area contributed by atoms with Gasteiger partial charge in [0.25, 0.3) is 0 Å². The molecule has 2 aromatic rings. The highest BCUT2D eigenvalue weighted by Gasteiger charge is 2.12. The Morgan fingerprint density at radius 3 is 3.00 bits per heavy atom. The minimum atomic E-state index is -0.833. The summed E-state index contributed by atoms with van der Waals surface area (Å²) in [4.78, 5) is 10.4. The van der Waals surface area contributed by atoms with Gasteiger partial charge in [-0.15, -0.1) is 5.10 Å². The average molecular weight is 301 g/mol. The molecule has 90 valence electrons. The van der Waals surface area contributed by atoms with Gasteiger partial charge in [-0.3, -0.25) is 4.79 Å². The van der Waals surface area contributed by atoms with Crippen molar-refractivity contribution in [3.05, 3.63) is 16.8 Å². The van der Waals surface area contributed by atoms with Crippen LogP contribution in [0.25, 0.3) is 11.6 Å². The van der Waals surface area contributed by atoms with Crippen molar-refractivity contribution in [1.29, 1.82) is 0 Å². The summed E-state index contributed by atoms with van der Waals surface area (Å²) in [6, 6.07) is 3.48. The SMILES string of the molecule is O=C(O)CCCn1nnnc1-c1ccc(Br)o1. The van der Waals surface area contributed by atoms with E-state index in [0.717, 1.165) is 0 Å². The zero-order valence-corrected chi connectivity index (χ0v) is 10.3. The number of hydrogen-bond acceptors (Lipinski definition) is 5. The number of furan rings is 1. The molecule has 7 nitrogen and oxygen atoms in total. The highest BCUT2D eigenvalue weighted by atomic mass is 79.9. The molecular weight excluding hydrogens is 292 g/mol. The minimum absolute atomic E-state index is 0.0845. The molecule has 0 aliphatic rings. The van der Waals surface area contributed by atoms with Gasteiger partial charge in [0.1, 0.15) is 0 Å². The lowest BCUT2D eigenvalue weighted by molar-refractivity contribution is -0.137. The summed E-state index contributed by atoms with van der Waals surface area (Å²) in [5, 5.41) is 19.7. The Morgan fingerprint density at radius 2 is 2.35 bits per heavy atom. The Balaban J connectivity index is 2.09. The Labute approximate surface area is 105 Å². The van der Waals surface area contributed by atoms with E-state index in [9.17, 15) is 4.79 Å². The van der Waals surface area contributed by atoms with Crippen LogP contribution in [0.15, 0.2) is 21.2 Å². The molecule has 17 heavy (non-hydrogen) atoms. The second kappa shape index (κ2) is 5.09. The standard InChI is InChI=1S/C9H9BrN4O3/c10-7-4-3-6(17-7)9-11-12-13-14(9)5-1-2-8(15)16/h3-4H,1-2,5H2,(H,15,16). The normalized spacial score (nSPS) is 10.6. The van der Waals surface area contributed by atoms with E-state index in [-0.39, 0.29) is 6.42 Å². The summed E-state index contributed by atoms with van der Waals surface area (Å²) in [5.41, 5.74) is 0. The lowest BCUT2D eigenvalue weighted by atomic mass is 10.3. The van der Waals surface area contributed by atoms with Crippen LogP contribution >= 0.6 is 15.9 Å². The van der Waals surface area contributed by atoms with E-state index in [0.29, 0.717) is 29.2 Å². The molecule has 0 amide bonds. The number of carboxylic acid groups (broad SMARTS) is 1. The zero-order chi connectivity index (χ0) is 12.3. The summed E-state index contributed by atoms with van der Waals surface area (Å²) in [6.45, 7) is 0.437. The quantitative estimate of drug-likeness (QED) is 0.900. The topological polar surface area (TPSA) is 94.0 Å². The maximum atomic E-state index is 10.4. The van der Waals surface area contributed by atoms with Gasteiger partial charge in [0.05, 0.1) is 0 Å². The molecule has 8 heteroatoms. The molecule has 0 spiro atoms. The van der Waals surface area contributed by atoms with Crippen LogP contribution in [0, 0.1) is 0 Å². The van der Waals surface area contributed by atoms with Crippen molar-refractivity contribution < 1.29 is 14.3 Å². The third-order valence-corrected chi connectivity index (χ3v) is 2.51. The third kappa shape index (κ3) is 2.90. The van der Waals surface area contributed by atoms with E-state index in [1.165, 1.54) is 4.68 Å². The third-order valence-electron chi connectivity index (χ3n) is 2.09. The molecule has 2 aromatic heterocycles. The summed E-state index contributed by atoms with van der Waals surface area (Å²) in [7, 11) is 0. The maximum absolute atomic E-state index is 10.4. The van der Waals surface area contributed by atoms with Gasteiger partial charge in [-0.1, -0.05) is 0 Å². The molecule has 2 rings (SSSR count). The number of nitrogens with zero attached hydrogens (tertiary/aromatic N) is 4. The Morgan fingerprint density at radius 1 is 1.53 bits per heavy atom. The van der Waals surface area contributed by atoms with E-state index in [1.54, 1.807) is 12.1 Å². The molecule has 0 fully saturated rings. The predicted molar refractivity (Wildman–Crippen MR) is 60.1 cm³/mol.